The molecule has 0 saturated heterocycles. The molecule has 12 heteroatoms. The summed E-state index contributed by atoms with van der Waals surface area (Å²) in [6.07, 6.45) is -2.62. The highest BCUT2D eigenvalue weighted by Gasteiger charge is 2.24. The number of rotatable bonds is 1. The first-order valence-corrected chi connectivity index (χ1v) is 17.4. The first-order chi connectivity index (χ1) is 24.0. The number of hydrogen-bond donors (Lipinski definition) is 5. The Balaban J connectivity index is -0.000000138. The fraction of sp³-hybridized carbons (Fsp3) is 0.500. The Hall–Kier alpha value is -5.13. The number of benzene rings is 3. The average Bonchev–Trinajstić information content (AvgIpc) is 3.02. The molecule has 312 valence electrons. The molecular weight excluding hydrogens is 686 g/mol. The van der Waals surface area contributed by atoms with Crippen molar-refractivity contribution in [3.05, 3.63) is 78.4 Å². The number of amides is 1. The Kier molecular flexibility index (Phi) is 36.7. The number of para-hydroxylation sites is 5. The molecule has 3 aromatic rings. The minimum atomic E-state index is -1.06. The minimum Gasteiger partial charge on any atom is -0.444 e. The van der Waals surface area contributed by atoms with Gasteiger partial charge >= 0.3 is 18.4 Å². The Labute approximate surface area is 328 Å². The Morgan fingerprint density at radius 3 is 1.04 bits per heavy atom. The fourth-order valence-electron chi connectivity index (χ4n) is 2.73. The van der Waals surface area contributed by atoms with Gasteiger partial charge in [-0.15, -0.1) is 0 Å². The summed E-state index contributed by atoms with van der Waals surface area (Å²) < 4.78 is 18.9. The number of nitrogens with two attached hydrogens (primary N) is 4. The Bertz CT molecular complexity index is 1280. The van der Waals surface area contributed by atoms with Gasteiger partial charge < -0.3 is 41.9 Å². The zero-order valence-electron chi connectivity index (χ0n) is 34.6. The van der Waals surface area contributed by atoms with E-state index in [1.165, 1.54) is 0 Å². The molecule has 0 unspecified atom stereocenters. The van der Waals surface area contributed by atoms with Crippen LogP contribution in [0.1, 0.15) is 124 Å². The van der Waals surface area contributed by atoms with Gasteiger partial charge in [0.25, 0.3) is 0 Å². The van der Waals surface area contributed by atoms with Crippen LogP contribution < -0.4 is 28.3 Å². The molecule has 0 saturated carbocycles. The van der Waals surface area contributed by atoms with Gasteiger partial charge in [0.05, 0.1) is 22.7 Å². The van der Waals surface area contributed by atoms with Crippen molar-refractivity contribution >= 4 is 46.8 Å². The smallest absolute Gasteiger partial charge is 0.444 e. The number of nitrogens with one attached hydrogen (secondary N) is 1. The van der Waals surface area contributed by atoms with Gasteiger partial charge in [-0.3, -0.25) is 5.32 Å². The first-order valence-electron chi connectivity index (χ1n) is 17.4. The van der Waals surface area contributed by atoms with E-state index in [2.05, 4.69) is 10.1 Å². The lowest BCUT2D eigenvalue weighted by atomic mass is 10.2. The number of carbonyl (C=O) groups excluding carboxylic acids is 3. The molecule has 0 aliphatic heterocycles. The SMILES string of the molecule is C.C.CC.CC.CC.CC(C)(C)OC(=O)Nc1ccccc1N.CC(C)(C)OC(=O)OC(=O)OC(C)(C)C.Cc1ccccc1N.Nc1ccccc1N. The predicted octanol–water partition coefficient (Wildman–Crippen LogP) is 12.3. The van der Waals surface area contributed by atoms with Gasteiger partial charge in [-0.1, -0.05) is 98.9 Å². The third-order valence-corrected chi connectivity index (χ3v) is 4.73. The summed E-state index contributed by atoms with van der Waals surface area (Å²) in [7, 11) is 0. The van der Waals surface area contributed by atoms with E-state index in [0.29, 0.717) is 22.7 Å². The maximum atomic E-state index is 11.4. The largest absolute Gasteiger partial charge is 0.519 e. The quantitative estimate of drug-likeness (QED) is 0.0682. The van der Waals surface area contributed by atoms with Crippen molar-refractivity contribution in [2.75, 3.05) is 28.3 Å². The molecule has 0 aliphatic carbocycles. The van der Waals surface area contributed by atoms with Crippen LogP contribution in [-0.4, -0.2) is 35.2 Å². The zero-order chi connectivity index (χ0) is 41.7. The van der Waals surface area contributed by atoms with Crippen molar-refractivity contribution in [2.45, 2.75) is 142 Å². The van der Waals surface area contributed by atoms with Gasteiger partial charge in [-0.05, 0) is 105 Å². The highest BCUT2D eigenvalue weighted by atomic mass is 16.8. The lowest BCUT2D eigenvalue weighted by Crippen LogP contribution is -2.29. The normalized spacial score (nSPS) is 9.33. The Morgan fingerprint density at radius 2 is 0.778 bits per heavy atom. The molecule has 0 radical (unpaired) electrons. The molecule has 0 heterocycles. The highest BCUT2D eigenvalue weighted by Crippen LogP contribution is 2.18. The highest BCUT2D eigenvalue weighted by molar-refractivity contribution is 5.89. The molecule has 0 aromatic heterocycles. The molecule has 0 bridgehead atoms. The van der Waals surface area contributed by atoms with Crippen molar-refractivity contribution in [1.82, 2.24) is 0 Å². The van der Waals surface area contributed by atoms with Gasteiger partial charge in [0.15, 0.2) is 0 Å². The maximum Gasteiger partial charge on any atom is 0.519 e. The molecule has 3 rings (SSSR count). The predicted molar refractivity (Wildman–Crippen MR) is 233 cm³/mol. The number of anilines is 5. The summed E-state index contributed by atoms with van der Waals surface area (Å²) in [5.74, 6) is 0. The van der Waals surface area contributed by atoms with Gasteiger partial charge in [0.2, 0.25) is 0 Å². The molecule has 3 aromatic carbocycles. The van der Waals surface area contributed by atoms with Crippen molar-refractivity contribution < 1.29 is 33.3 Å². The summed E-state index contributed by atoms with van der Waals surface area (Å²) in [5.41, 5.74) is 24.5. The molecule has 0 aliphatic rings. The van der Waals surface area contributed by atoms with E-state index in [-0.39, 0.29) is 14.9 Å². The third-order valence-electron chi connectivity index (χ3n) is 4.73. The molecule has 0 fully saturated rings. The second-order valence-corrected chi connectivity index (χ2v) is 12.7. The lowest BCUT2D eigenvalue weighted by molar-refractivity contribution is -0.0294. The van der Waals surface area contributed by atoms with Crippen LogP contribution in [0.2, 0.25) is 0 Å². The molecular formula is C42H77N5O7. The summed E-state index contributed by atoms with van der Waals surface area (Å²) in [6.45, 7) is 29.4. The summed E-state index contributed by atoms with van der Waals surface area (Å²) >= 11 is 0. The van der Waals surface area contributed by atoms with E-state index < -0.39 is 35.2 Å². The van der Waals surface area contributed by atoms with Crippen LogP contribution in [0.15, 0.2) is 72.8 Å². The minimum absolute atomic E-state index is 0. The van der Waals surface area contributed by atoms with Crippen LogP contribution in [0.4, 0.5) is 42.8 Å². The topological polar surface area (TPSA) is 204 Å². The molecule has 0 spiro atoms. The number of hydrogen-bond acceptors (Lipinski definition) is 11. The van der Waals surface area contributed by atoms with Gasteiger partial charge in [-0.2, -0.15) is 0 Å². The van der Waals surface area contributed by atoms with Crippen molar-refractivity contribution in [3.63, 3.8) is 0 Å². The molecule has 54 heavy (non-hydrogen) atoms. The van der Waals surface area contributed by atoms with Crippen LogP contribution in [-0.2, 0) is 18.9 Å². The van der Waals surface area contributed by atoms with Crippen LogP contribution in [0, 0.1) is 6.92 Å². The molecule has 9 N–H and O–H groups in total. The van der Waals surface area contributed by atoms with Gasteiger partial charge in [-0.25, -0.2) is 14.4 Å². The van der Waals surface area contributed by atoms with Crippen molar-refractivity contribution in [3.8, 4) is 0 Å². The molecule has 1 amide bonds. The second kappa shape index (κ2) is 32.5. The van der Waals surface area contributed by atoms with E-state index in [1.54, 1.807) is 98.7 Å². The fourth-order valence-corrected chi connectivity index (χ4v) is 2.73. The van der Waals surface area contributed by atoms with E-state index in [4.69, 9.17) is 37.1 Å². The van der Waals surface area contributed by atoms with Crippen LogP contribution in [0.5, 0.6) is 0 Å². The van der Waals surface area contributed by atoms with Crippen molar-refractivity contribution in [1.29, 1.82) is 0 Å². The lowest BCUT2D eigenvalue weighted by Gasteiger charge is -2.20. The zero-order valence-corrected chi connectivity index (χ0v) is 34.6. The number of nitrogen functional groups attached to an aromatic ring is 4. The van der Waals surface area contributed by atoms with E-state index in [9.17, 15) is 14.4 Å². The second-order valence-electron chi connectivity index (χ2n) is 12.7. The van der Waals surface area contributed by atoms with Gasteiger partial charge in [0.1, 0.15) is 16.8 Å². The number of ether oxygens (including phenoxy) is 4. The summed E-state index contributed by atoms with van der Waals surface area (Å²) in [5, 5.41) is 2.58. The summed E-state index contributed by atoms with van der Waals surface area (Å²) in [6, 6.07) is 22.1. The van der Waals surface area contributed by atoms with E-state index in [0.717, 1.165) is 11.3 Å². The average molecular weight is 764 g/mol. The van der Waals surface area contributed by atoms with E-state index in [1.807, 2.05) is 84.9 Å². The molecule has 12 nitrogen and oxygen atoms in total. The third kappa shape index (κ3) is 38.1. The van der Waals surface area contributed by atoms with Crippen molar-refractivity contribution in [2.24, 2.45) is 0 Å². The number of aryl methyl sites for hydroxylation is 1. The van der Waals surface area contributed by atoms with E-state index >= 15 is 0 Å². The maximum absolute atomic E-state index is 11.4. The monoisotopic (exact) mass is 764 g/mol. The standard InChI is InChI=1S/C11H16N2O2.C10H18O5.C7H9N.C6H8N2.3C2H6.2CH4/c1-11(2,3)15-10(14)13-9-7-5-4-6-8(9)12;1-9(2,3)14-7(11)13-8(12)15-10(4,5)6;1-6-4-2-3-5-7(6)8;7-5-3-1-2-4-6(5)8;3*1-2;;/h4-7H,12H2,1-3H3,(H,13,14);1-6H3;2-5H,8H2,1H3;1-4H,7-8H2;3*1-2H3;2*1H4. The van der Waals surface area contributed by atoms with Crippen LogP contribution >= 0.6 is 0 Å². The Morgan fingerprint density at radius 1 is 0.481 bits per heavy atom. The first kappa shape index (κ1) is 60.9. The van der Waals surface area contributed by atoms with Crippen LogP contribution in [0.3, 0.4) is 0 Å². The number of carbonyl (C=O) groups is 3. The van der Waals surface area contributed by atoms with Crippen LogP contribution in [0.25, 0.3) is 0 Å². The summed E-state index contributed by atoms with van der Waals surface area (Å²) in [4.78, 5) is 33.4. The molecule has 0 atom stereocenters. The van der Waals surface area contributed by atoms with Gasteiger partial charge in [0, 0.05) is 5.69 Å².